The molecular weight excluding hydrogens is 408 g/mol. The van der Waals surface area contributed by atoms with Crippen molar-refractivity contribution in [3.63, 3.8) is 0 Å². The second-order valence-corrected chi connectivity index (χ2v) is 7.35. The van der Waals surface area contributed by atoms with E-state index in [4.69, 9.17) is 0 Å². The molecule has 3 rings (SSSR count). The number of benzene rings is 2. The number of hydrogen-bond acceptors (Lipinski definition) is 2. The molecule has 2 aromatic carbocycles. The van der Waals surface area contributed by atoms with Crippen LogP contribution in [0.3, 0.4) is 0 Å². The quantitative estimate of drug-likeness (QED) is 0.666. The van der Waals surface area contributed by atoms with Gasteiger partial charge in [-0.3, -0.25) is 9.59 Å². The fraction of sp³-hybridized carbons (Fsp3) is 0.222. The van der Waals surface area contributed by atoms with Gasteiger partial charge in [-0.25, -0.2) is 0 Å². The van der Waals surface area contributed by atoms with Crippen molar-refractivity contribution in [2.75, 3.05) is 0 Å². The van der Waals surface area contributed by atoms with Gasteiger partial charge in [0.15, 0.2) is 5.78 Å². The summed E-state index contributed by atoms with van der Waals surface area (Å²) in [5.41, 5.74) is 2.79. The van der Waals surface area contributed by atoms with Gasteiger partial charge in [-0.15, -0.1) is 0 Å². The molecule has 0 fully saturated rings. The highest BCUT2D eigenvalue weighted by Crippen LogP contribution is 2.30. The Hall–Kier alpha value is -1.26. The van der Waals surface area contributed by atoms with Crippen molar-refractivity contribution < 1.29 is 9.59 Å². The highest BCUT2D eigenvalue weighted by molar-refractivity contribution is 9.10. The molecule has 2 nitrogen and oxygen atoms in total. The number of ketones is 2. The molecule has 2 aromatic rings. The zero-order valence-electron chi connectivity index (χ0n) is 11.8. The summed E-state index contributed by atoms with van der Waals surface area (Å²) in [5, 5.41) is 0. The van der Waals surface area contributed by atoms with Gasteiger partial charge in [0.25, 0.3) is 0 Å². The average Bonchev–Trinajstić information content (AvgIpc) is 2.83. The van der Waals surface area contributed by atoms with Gasteiger partial charge in [-0.05, 0) is 48.2 Å². The minimum Gasteiger partial charge on any atom is -0.299 e. The largest absolute Gasteiger partial charge is 0.299 e. The van der Waals surface area contributed by atoms with E-state index >= 15 is 0 Å². The van der Waals surface area contributed by atoms with Crippen molar-refractivity contribution in [3.05, 3.63) is 68.1 Å². The van der Waals surface area contributed by atoms with Crippen LogP contribution in [-0.4, -0.2) is 11.6 Å². The van der Waals surface area contributed by atoms with Crippen molar-refractivity contribution in [1.82, 2.24) is 0 Å². The van der Waals surface area contributed by atoms with Crippen LogP contribution in [0.4, 0.5) is 0 Å². The Morgan fingerprint density at radius 1 is 1.05 bits per heavy atom. The molecule has 1 unspecified atom stereocenters. The van der Waals surface area contributed by atoms with Crippen LogP contribution in [0.5, 0.6) is 0 Å². The molecule has 0 saturated heterocycles. The zero-order chi connectivity index (χ0) is 15.7. The lowest BCUT2D eigenvalue weighted by molar-refractivity contribution is -0.121. The summed E-state index contributed by atoms with van der Waals surface area (Å²) in [6.45, 7) is 0. The van der Waals surface area contributed by atoms with E-state index in [1.165, 1.54) is 0 Å². The molecule has 1 aliphatic carbocycles. The molecule has 0 aromatic heterocycles. The molecular formula is C18H14Br2O2. The number of carbonyl (C=O) groups is 2. The number of Topliss-reactive ketones (excluding diaryl/α,β-unsaturated/α-hetero) is 2. The number of hydrogen-bond donors (Lipinski definition) is 0. The summed E-state index contributed by atoms with van der Waals surface area (Å²) in [5.74, 6) is -0.489. The Morgan fingerprint density at radius 2 is 1.73 bits per heavy atom. The first-order valence-corrected chi connectivity index (χ1v) is 8.73. The molecule has 0 heterocycles. The van der Waals surface area contributed by atoms with Crippen molar-refractivity contribution in [3.8, 4) is 0 Å². The monoisotopic (exact) mass is 420 g/mol. The lowest BCUT2D eigenvalue weighted by Gasteiger charge is -2.07. The SMILES string of the molecule is O=C(CCc1ccc(Br)cc1)C1Cc2ccc(Br)cc2C1=O. The molecule has 0 N–H and O–H groups in total. The molecule has 0 aliphatic heterocycles. The summed E-state index contributed by atoms with van der Waals surface area (Å²) in [6, 6.07) is 13.6. The Balaban J connectivity index is 1.67. The molecule has 0 saturated carbocycles. The van der Waals surface area contributed by atoms with Crippen LogP contribution in [-0.2, 0) is 17.6 Å². The number of halogens is 2. The van der Waals surface area contributed by atoms with E-state index in [1.807, 2.05) is 42.5 Å². The third-order valence-electron chi connectivity index (χ3n) is 4.04. The van der Waals surface area contributed by atoms with Gasteiger partial charge >= 0.3 is 0 Å². The van der Waals surface area contributed by atoms with E-state index in [2.05, 4.69) is 31.9 Å². The molecule has 1 atom stereocenters. The van der Waals surface area contributed by atoms with E-state index in [0.29, 0.717) is 24.8 Å². The summed E-state index contributed by atoms with van der Waals surface area (Å²) in [4.78, 5) is 24.8. The summed E-state index contributed by atoms with van der Waals surface area (Å²) in [7, 11) is 0. The van der Waals surface area contributed by atoms with E-state index in [0.717, 1.165) is 20.1 Å². The maximum Gasteiger partial charge on any atom is 0.173 e. The molecule has 0 radical (unpaired) electrons. The van der Waals surface area contributed by atoms with E-state index in [-0.39, 0.29) is 11.6 Å². The fourth-order valence-electron chi connectivity index (χ4n) is 2.81. The van der Waals surface area contributed by atoms with E-state index in [1.54, 1.807) is 0 Å². The maximum absolute atomic E-state index is 12.4. The van der Waals surface area contributed by atoms with Gasteiger partial charge < -0.3 is 0 Å². The van der Waals surface area contributed by atoms with Crippen LogP contribution in [0, 0.1) is 5.92 Å². The second kappa shape index (κ2) is 6.47. The zero-order valence-corrected chi connectivity index (χ0v) is 15.0. The molecule has 0 amide bonds. The number of rotatable bonds is 4. The smallest absolute Gasteiger partial charge is 0.173 e. The lowest BCUT2D eigenvalue weighted by Crippen LogP contribution is -2.21. The van der Waals surface area contributed by atoms with Gasteiger partial charge in [0, 0.05) is 20.9 Å². The van der Waals surface area contributed by atoms with Gasteiger partial charge in [0.05, 0.1) is 5.92 Å². The van der Waals surface area contributed by atoms with Crippen molar-refractivity contribution in [2.24, 2.45) is 5.92 Å². The van der Waals surface area contributed by atoms with Crippen LogP contribution in [0.15, 0.2) is 51.4 Å². The molecule has 112 valence electrons. The molecule has 1 aliphatic rings. The third-order valence-corrected chi connectivity index (χ3v) is 5.06. The molecule has 4 heteroatoms. The predicted octanol–water partition coefficient (Wildman–Crippen LogP) is 4.77. The first kappa shape index (κ1) is 15.6. The first-order chi connectivity index (χ1) is 10.5. The summed E-state index contributed by atoms with van der Waals surface area (Å²) >= 11 is 6.77. The normalized spacial score (nSPS) is 16.6. The Morgan fingerprint density at radius 3 is 2.45 bits per heavy atom. The van der Waals surface area contributed by atoms with Crippen LogP contribution < -0.4 is 0 Å². The van der Waals surface area contributed by atoms with Crippen LogP contribution in [0.1, 0.15) is 27.9 Å². The van der Waals surface area contributed by atoms with E-state index in [9.17, 15) is 9.59 Å². The second-order valence-electron chi connectivity index (χ2n) is 5.52. The Kier molecular flexibility index (Phi) is 4.59. The predicted molar refractivity (Wildman–Crippen MR) is 93.1 cm³/mol. The van der Waals surface area contributed by atoms with Crippen LogP contribution >= 0.6 is 31.9 Å². The Bertz CT molecular complexity index is 735. The van der Waals surface area contributed by atoms with Crippen molar-refractivity contribution >= 4 is 43.4 Å². The first-order valence-electron chi connectivity index (χ1n) is 7.14. The minimum atomic E-state index is -0.500. The standard InChI is InChI=1S/C18H14Br2O2/c19-13-5-1-11(2-6-13)3-8-17(21)16-9-12-4-7-14(20)10-15(12)18(16)22/h1-2,4-7,10,16H,3,8-9H2. The topological polar surface area (TPSA) is 34.1 Å². The van der Waals surface area contributed by atoms with Gasteiger partial charge in [0.2, 0.25) is 0 Å². The third kappa shape index (κ3) is 3.23. The van der Waals surface area contributed by atoms with Crippen molar-refractivity contribution in [1.29, 1.82) is 0 Å². The summed E-state index contributed by atoms with van der Waals surface area (Å²) in [6.07, 6.45) is 1.63. The molecule has 22 heavy (non-hydrogen) atoms. The van der Waals surface area contributed by atoms with Gasteiger partial charge in [-0.1, -0.05) is 50.1 Å². The molecule has 0 spiro atoms. The number of fused-ring (bicyclic) bond motifs is 1. The van der Waals surface area contributed by atoms with Gasteiger partial charge in [-0.2, -0.15) is 0 Å². The number of aryl methyl sites for hydroxylation is 1. The van der Waals surface area contributed by atoms with Gasteiger partial charge in [0.1, 0.15) is 5.78 Å². The van der Waals surface area contributed by atoms with Crippen LogP contribution in [0.25, 0.3) is 0 Å². The molecule has 0 bridgehead atoms. The minimum absolute atomic E-state index is 0.0305. The number of carbonyl (C=O) groups excluding carboxylic acids is 2. The maximum atomic E-state index is 12.4. The highest BCUT2D eigenvalue weighted by Gasteiger charge is 2.35. The van der Waals surface area contributed by atoms with E-state index < -0.39 is 5.92 Å². The van der Waals surface area contributed by atoms with Crippen molar-refractivity contribution in [2.45, 2.75) is 19.3 Å². The van der Waals surface area contributed by atoms with Crippen LogP contribution in [0.2, 0.25) is 0 Å². The Labute approximate surface area is 146 Å². The lowest BCUT2D eigenvalue weighted by atomic mass is 9.95. The highest BCUT2D eigenvalue weighted by atomic mass is 79.9. The average molecular weight is 422 g/mol. The fourth-order valence-corrected chi connectivity index (χ4v) is 3.43. The summed E-state index contributed by atoms with van der Waals surface area (Å²) < 4.78 is 1.90.